The summed E-state index contributed by atoms with van der Waals surface area (Å²) in [6, 6.07) is 0.236. The van der Waals surface area contributed by atoms with E-state index in [-0.39, 0.29) is 11.8 Å². The van der Waals surface area contributed by atoms with Crippen molar-refractivity contribution in [2.24, 2.45) is 0 Å². The van der Waals surface area contributed by atoms with Gasteiger partial charge in [0.1, 0.15) is 0 Å². The summed E-state index contributed by atoms with van der Waals surface area (Å²) in [6.45, 7) is 5.17. The Hall–Kier alpha value is -1.28. The third-order valence-electron chi connectivity index (χ3n) is 3.31. The standard InChI is InChI=1S/C11H19N5O2S/c1-2-15-5-3-4-8(6-15)16-10(12)13-14-11(16)19-7-9(17)18/h8H,2-7H2,1H3,(H2,12,13)(H,17,18). The molecule has 0 bridgehead atoms. The largest absolute Gasteiger partial charge is 0.481 e. The van der Waals surface area contributed by atoms with Gasteiger partial charge in [-0.15, -0.1) is 10.2 Å². The van der Waals surface area contributed by atoms with Crippen LogP contribution < -0.4 is 5.73 Å². The van der Waals surface area contributed by atoms with Gasteiger partial charge in [-0.3, -0.25) is 9.36 Å². The van der Waals surface area contributed by atoms with Gasteiger partial charge in [-0.25, -0.2) is 0 Å². The summed E-state index contributed by atoms with van der Waals surface area (Å²) in [4.78, 5) is 13.0. The molecule has 0 aliphatic carbocycles. The van der Waals surface area contributed by atoms with Crippen LogP contribution >= 0.6 is 11.8 Å². The molecule has 1 aromatic rings. The van der Waals surface area contributed by atoms with Crippen LogP contribution in [-0.2, 0) is 4.79 Å². The molecule has 106 valence electrons. The SMILES string of the molecule is CCN1CCCC(n2c(N)nnc2SCC(=O)O)C1. The highest BCUT2D eigenvalue weighted by Crippen LogP contribution is 2.28. The lowest BCUT2D eigenvalue weighted by atomic mass is 10.1. The zero-order valence-electron chi connectivity index (χ0n) is 10.9. The van der Waals surface area contributed by atoms with Crippen molar-refractivity contribution in [1.82, 2.24) is 19.7 Å². The highest BCUT2D eigenvalue weighted by molar-refractivity contribution is 7.99. The van der Waals surface area contributed by atoms with Crippen LogP contribution in [0.5, 0.6) is 0 Å². The number of hydrogen-bond acceptors (Lipinski definition) is 6. The minimum Gasteiger partial charge on any atom is -0.481 e. The van der Waals surface area contributed by atoms with Crippen LogP contribution in [0.15, 0.2) is 5.16 Å². The normalized spacial score (nSPS) is 20.6. The lowest BCUT2D eigenvalue weighted by molar-refractivity contribution is -0.133. The number of rotatable bonds is 5. The fourth-order valence-corrected chi connectivity index (χ4v) is 3.12. The Labute approximate surface area is 116 Å². The van der Waals surface area contributed by atoms with Crippen LogP contribution in [0.2, 0.25) is 0 Å². The molecule has 7 nitrogen and oxygen atoms in total. The summed E-state index contributed by atoms with van der Waals surface area (Å²) >= 11 is 1.17. The Bertz CT molecular complexity index is 450. The number of nitrogen functional groups attached to an aromatic ring is 1. The Kier molecular flexibility index (Phi) is 4.65. The van der Waals surface area contributed by atoms with E-state index >= 15 is 0 Å². The third kappa shape index (κ3) is 3.38. The van der Waals surface area contributed by atoms with Crippen LogP contribution in [-0.4, -0.2) is 56.1 Å². The fourth-order valence-electron chi connectivity index (χ4n) is 2.39. The van der Waals surface area contributed by atoms with Crippen molar-refractivity contribution >= 4 is 23.7 Å². The Morgan fingerprint density at radius 3 is 3.05 bits per heavy atom. The zero-order chi connectivity index (χ0) is 13.8. The molecule has 3 N–H and O–H groups in total. The molecule has 1 unspecified atom stereocenters. The average Bonchev–Trinajstić information content (AvgIpc) is 2.77. The number of hydrogen-bond donors (Lipinski definition) is 2. The lowest BCUT2D eigenvalue weighted by Crippen LogP contribution is -2.36. The monoisotopic (exact) mass is 285 g/mol. The summed E-state index contributed by atoms with van der Waals surface area (Å²) in [7, 11) is 0. The molecule has 0 amide bonds. The summed E-state index contributed by atoms with van der Waals surface area (Å²) in [5.74, 6) is -0.518. The molecule has 0 aromatic carbocycles. The van der Waals surface area contributed by atoms with Gasteiger partial charge in [-0.2, -0.15) is 0 Å². The van der Waals surface area contributed by atoms with Gasteiger partial charge in [0.2, 0.25) is 5.95 Å². The molecule has 1 aliphatic rings. The second-order valence-corrected chi connectivity index (χ2v) is 5.52. The van der Waals surface area contributed by atoms with Crippen molar-refractivity contribution in [3.05, 3.63) is 0 Å². The molecule has 0 saturated carbocycles. The molecule has 1 atom stereocenters. The van der Waals surface area contributed by atoms with Crippen molar-refractivity contribution in [2.45, 2.75) is 31.0 Å². The predicted octanol–water partition coefficient (Wildman–Crippen LogP) is 0.694. The molecule has 19 heavy (non-hydrogen) atoms. The maximum Gasteiger partial charge on any atom is 0.313 e. The maximum absolute atomic E-state index is 10.6. The molecule has 1 aromatic heterocycles. The number of anilines is 1. The predicted molar refractivity (Wildman–Crippen MR) is 73.2 cm³/mol. The van der Waals surface area contributed by atoms with Crippen LogP contribution in [0.4, 0.5) is 5.95 Å². The third-order valence-corrected chi connectivity index (χ3v) is 4.24. The van der Waals surface area contributed by atoms with Crippen LogP contribution in [0, 0.1) is 0 Å². The van der Waals surface area contributed by atoms with Crippen LogP contribution in [0.3, 0.4) is 0 Å². The average molecular weight is 285 g/mol. The molecule has 0 radical (unpaired) electrons. The van der Waals surface area contributed by atoms with E-state index in [1.54, 1.807) is 0 Å². The first-order chi connectivity index (χ1) is 9.11. The molecule has 1 fully saturated rings. The Morgan fingerprint density at radius 2 is 2.37 bits per heavy atom. The molecule has 2 heterocycles. The zero-order valence-corrected chi connectivity index (χ0v) is 11.8. The number of aliphatic carboxylic acids is 1. The van der Waals surface area contributed by atoms with Gasteiger partial charge in [-0.05, 0) is 25.9 Å². The van der Waals surface area contributed by atoms with Crippen molar-refractivity contribution in [2.75, 3.05) is 31.1 Å². The smallest absolute Gasteiger partial charge is 0.313 e. The molecular formula is C11H19N5O2S. The number of carboxylic acid groups (broad SMARTS) is 1. The van der Waals surface area contributed by atoms with Gasteiger partial charge in [0.15, 0.2) is 5.16 Å². The number of piperidine rings is 1. The summed E-state index contributed by atoms with van der Waals surface area (Å²) in [6.07, 6.45) is 2.14. The van der Waals surface area contributed by atoms with Gasteiger partial charge >= 0.3 is 5.97 Å². The first-order valence-corrected chi connectivity index (χ1v) is 7.37. The number of likely N-dealkylation sites (N-methyl/N-ethyl adjacent to an activating group) is 1. The van der Waals surface area contributed by atoms with E-state index in [2.05, 4.69) is 22.0 Å². The fraction of sp³-hybridized carbons (Fsp3) is 0.727. The summed E-state index contributed by atoms with van der Waals surface area (Å²) in [5.41, 5.74) is 5.88. The summed E-state index contributed by atoms with van der Waals surface area (Å²) in [5, 5.41) is 17.2. The van der Waals surface area contributed by atoms with E-state index in [9.17, 15) is 4.79 Å². The van der Waals surface area contributed by atoms with Crippen molar-refractivity contribution in [3.63, 3.8) is 0 Å². The number of thioether (sulfide) groups is 1. The van der Waals surface area contributed by atoms with E-state index < -0.39 is 5.97 Å². The first kappa shape index (κ1) is 14.1. The molecule has 1 aliphatic heterocycles. The van der Waals surface area contributed by atoms with Gasteiger partial charge in [0, 0.05) is 6.54 Å². The second-order valence-electron chi connectivity index (χ2n) is 4.58. The van der Waals surface area contributed by atoms with Crippen molar-refractivity contribution in [3.8, 4) is 0 Å². The van der Waals surface area contributed by atoms with Crippen molar-refractivity contribution in [1.29, 1.82) is 0 Å². The Balaban J connectivity index is 2.13. The first-order valence-electron chi connectivity index (χ1n) is 6.39. The number of aromatic nitrogens is 3. The highest BCUT2D eigenvalue weighted by Gasteiger charge is 2.25. The minimum atomic E-state index is -0.864. The molecule has 0 spiro atoms. The maximum atomic E-state index is 10.6. The van der Waals surface area contributed by atoms with Crippen LogP contribution in [0.1, 0.15) is 25.8 Å². The molecule has 8 heteroatoms. The Morgan fingerprint density at radius 1 is 1.58 bits per heavy atom. The molecular weight excluding hydrogens is 266 g/mol. The summed E-state index contributed by atoms with van der Waals surface area (Å²) < 4.78 is 1.88. The van der Waals surface area contributed by atoms with E-state index in [1.807, 2.05) is 4.57 Å². The van der Waals surface area contributed by atoms with E-state index in [0.717, 1.165) is 32.5 Å². The minimum absolute atomic E-state index is 0.0255. The molecule has 2 rings (SSSR count). The van der Waals surface area contributed by atoms with E-state index in [0.29, 0.717) is 11.1 Å². The quantitative estimate of drug-likeness (QED) is 0.768. The number of likely N-dealkylation sites (tertiary alicyclic amines) is 1. The number of carboxylic acids is 1. The van der Waals surface area contributed by atoms with Gasteiger partial charge in [-0.1, -0.05) is 18.7 Å². The number of nitrogens with two attached hydrogens (primary N) is 1. The molecule has 1 saturated heterocycles. The lowest BCUT2D eigenvalue weighted by Gasteiger charge is -2.33. The van der Waals surface area contributed by atoms with Gasteiger partial charge in [0.25, 0.3) is 0 Å². The van der Waals surface area contributed by atoms with Gasteiger partial charge < -0.3 is 15.7 Å². The highest BCUT2D eigenvalue weighted by atomic mass is 32.2. The number of nitrogens with zero attached hydrogens (tertiary/aromatic N) is 4. The van der Waals surface area contributed by atoms with Crippen molar-refractivity contribution < 1.29 is 9.90 Å². The van der Waals surface area contributed by atoms with Crippen LogP contribution in [0.25, 0.3) is 0 Å². The second kappa shape index (κ2) is 6.25. The van der Waals surface area contributed by atoms with E-state index in [1.165, 1.54) is 11.8 Å². The van der Waals surface area contributed by atoms with Gasteiger partial charge in [0.05, 0.1) is 11.8 Å². The topological polar surface area (TPSA) is 97.3 Å². The van der Waals surface area contributed by atoms with E-state index in [4.69, 9.17) is 10.8 Å². The number of carbonyl (C=O) groups is 1.